The number of carbonyl (C=O) groups is 1. The van der Waals surface area contributed by atoms with Crippen molar-refractivity contribution in [2.75, 3.05) is 13.2 Å². The second-order valence-corrected chi connectivity index (χ2v) is 11.1. The highest BCUT2D eigenvalue weighted by atomic mass is 28.3. The van der Waals surface area contributed by atoms with E-state index in [2.05, 4.69) is 19.6 Å². The minimum atomic E-state index is -1.06. The van der Waals surface area contributed by atoms with Crippen molar-refractivity contribution in [1.29, 1.82) is 0 Å². The fourth-order valence-electron chi connectivity index (χ4n) is 1.52. The van der Waals surface area contributed by atoms with E-state index < -0.39 is 8.07 Å². The number of benzene rings is 1. The molecule has 1 atom stereocenters. The molecule has 4 heteroatoms. The van der Waals surface area contributed by atoms with Gasteiger partial charge in [-0.25, -0.2) is 0 Å². The number of carbonyl (C=O) groups excluding carboxylic acids is 1. The van der Waals surface area contributed by atoms with Crippen LogP contribution in [0.4, 0.5) is 0 Å². The summed E-state index contributed by atoms with van der Waals surface area (Å²) in [7, 11) is -1.06. The number of ether oxygens (including phenoxy) is 2. The van der Waals surface area contributed by atoms with E-state index >= 15 is 0 Å². The summed E-state index contributed by atoms with van der Waals surface area (Å²) in [5, 5.41) is 0. The lowest BCUT2D eigenvalue weighted by atomic mass is 10.1. The zero-order chi connectivity index (χ0) is 13.4. The van der Waals surface area contributed by atoms with E-state index in [1.807, 2.05) is 30.3 Å². The van der Waals surface area contributed by atoms with Gasteiger partial charge in [0.15, 0.2) is 0 Å². The monoisotopic (exact) mass is 266 g/mol. The van der Waals surface area contributed by atoms with Crippen LogP contribution in [0.15, 0.2) is 30.3 Å². The molecule has 1 unspecified atom stereocenters. The van der Waals surface area contributed by atoms with Crippen LogP contribution in [0.5, 0.6) is 0 Å². The van der Waals surface area contributed by atoms with E-state index in [4.69, 9.17) is 9.47 Å². The maximum absolute atomic E-state index is 10.5. The minimum absolute atomic E-state index is 0.301. The van der Waals surface area contributed by atoms with E-state index in [-0.39, 0.29) is 6.10 Å². The third-order valence-electron chi connectivity index (χ3n) is 2.66. The van der Waals surface area contributed by atoms with Crippen LogP contribution in [0.25, 0.3) is 0 Å². The largest absolute Gasteiger partial charge is 0.457 e. The van der Waals surface area contributed by atoms with Crippen LogP contribution in [0, 0.1) is 0 Å². The second kappa shape index (κ2) is 7.33. The van der Waals surface area contributed by atoms with Crippen molar-refractivity contribution in [3.05, 3.63) is 35.9 Å². The molecule has 0 spiro atoms. The van der Waals surface area contributed by atoms with Crippen molar-refractivity contribution >= 4 is 14.5 Å². The molecule has 18 heavy (non-hydrogen) atoms. The zero-order valence-electron chi connectivity index (χ0n) is 11.4. The highest BCUT2D eigenvalue weighted by Gasteiger charge is 2.15. The summed E-state index contributed by atoms with van der Waals surface area (Å²) in [4.78, 5) is 10.5. The van der Waals surface area contributed by atoms with Gasteiger partial charge in [0.05, 0.1) is 6.61 Å². The van der Waals surface area contributed by atoms with E-state index in [1.165, 1.54) is 0 Å². The summed E-state index contributed by atoms with van der Waals surface area (Å²) in [6, 6.07) is 10.8. The van der Waals surface area contributed by atoms with Crippen LogP contribution >= 0.6 is 0 Å². The summed E-state index contributed by atoms with van der Waals surface area (Å²) in [5.74, 6) is 0. The van der Waals surface area contributed by atoms with E-state index in [0.29, 0.717) is 13.1 Å². The van der Waals surface area contributed by atoms with Crippen LogP contribution in [-0.2, 0) is 14.3 Å². The Labute approximate surface area is 110 Å². The average Bonchev–Trinajstić information content (AvgIpc) is 2.33. The number of hydrogen-bond donors (Lipinski definition) is 0. The van der Waals surface area contributed by atoms with Crippen LogP contribution in [0.1, 0.15) is 11.7 Å². The van der Waals surface area contributed by atoms with Crippen LogP contribution in [0.2, 0.25) is 25.7 Å². The molecule has 0 bridgehead atoms. The van der Waals surface area contributed by atoms with E-state index in [0.717, 1.165) is 18.2 Å². The lowest BCUT2D eigenvalue weighted by Gasteiger charge is -2.18. The maximum atomic E-state index is 10.5. The first kappa shape index (κ1) is 14.9. The molecular weight excluding hydrogens is 244 g/mol. The first-order chi connectivity index (χ1) is 8.53. The van der Waals surface area contributed by atoms with Crippen LogP contribution < -0.4 is 0 Å². The number of rotatable bonds is 8. The molecule has 0 amide bonds. The van der Waals surface area contributed by atoms with Gasteiger partial charge in [0.2, 0.25) is 0 Å². The van der Waals surface area contributed by atoms with Crippen molar-refractivity contribution < 1.29 is 14.3 Å². The predicted octanol–water partition coefficient (Wildman–Crippen LogP) is 3.26. The second-order valence-electron chi connectivity index (χ2n) is 5.52. The summed E-state index contributed by atoms with van der Waals surface area (Å²) in [5.41, 5.74) is 0.970. The van der Waals surface area contributed by atoms with E-state index in [1.54, 1.807) is 0 Å². The highest BCUT2D eigenvalue weighted by Crippen LogP contribution is 2.17. The Bertz CT molecular complexity index is 346. The Hall–Kier alpha value is -1.13. The normalized spacial score (nSPS) is 13.1. The molecule has 0 aliphatic heterocycles. The predicted molar refractivity (Wildman–Crippen MR) is 75.3 cm³/mol. The van der Waals surface area contributed by atoms with Gasteiger partial charge in [0, 0.05) is 14.7 Å². The fourth-order valence-corrected chi connectivity index (χ4v) is 2.27. The van der Waals surface area contributed by atoms with Crippen molar-refractivity contribution in [1.82, 2.24) is 0 Å². The standard InChI is InChI=1S/C14H22O3Si/c1-18(2,3)10-9-16-11-14(17-12-15)13-7-5-4-6-8-13/h4-8,12,14H,9-11H2,1-3H3. The smallest absolute Gasteiger partial charge is 0.293 e. The summed E-state index contributed by atoms with van der Waals surface area (Å²) >= 11 is 0. The molecular formula is C14H22O3Si. The Balaban J connectivity index is 2.42. The fraction of sp³-hybridized carbons (Fsp3) is 0.500. The molecule has 0 aromatic heterocycles. The molecule has 0 N–H and O–H groups in total. The molecule has 0 aliphatic rings. The SMILES string of the molecule is C[Si](C)(C)CCOCC(OC=O)c1ccccc1. The van der Waals surface area contributed by atoms with Gasteiger partial charge in [-0.05, 0) is 11.6 Å². The molecule has 1 rings (SSSR count). The third kappa shape index (κ3) is 5.98. The lowest BCUT2D eigenvalue weighted by Crippen LogP contribution is -2.22. The minimum Gasteiger partial charge on any atom is -0.457 e. The highest BCUT2D eigenvalue weighted by molar-refractivity contribution is 6.76. The molecule has 1 aromatic rings. The Morgan fingerprint density at radius 3 is 2.44 bits per heavy atom. The molecule has 0 aliphatic carbocycles. The average molecular weight is 266 g/mol. The quantitative estimate of drug-likeness (QED) is 0.411. The van der Waals surface area contributed by atoms with Gasteiger partial charge in [-0.2, -0.15) is 0 Å². The first-order valence-electron chi connectivity index (χ1n) is 6.25. The Kier molecular flexibility index (Phi) is 6.08. The van der Waals surface area contributed by atoms with Gasteiger partial charge in [-0.1, -0.05) is 50.0 Å². The third-order valence-corrected chi connectivity index (χ3v) is 4.36. The van der Waals surface area contributed by atoms with Gasteiger partial charge in [0.25, 0.3) is 6.47 Å². The number of hydrogen-bond acceptors (Lipinski definition) is 3. The van der Waals surface area contributed by atoms with Gasteiger partial charge in [-0.15, -0.1) is 0 Å². The lowest BCUT2D eigenvalue weighted by molar-refractivity contribution is -0.137. The molecule has 0 heterocycles. The molecule has 0 radical (unpaired) electrons. The van der Waals surface area contributed by atoms with Crippen LogP contribution in [0.3, 0.4) is 0 Å². The van der Waals surface area contributed by atoms with Crippen molar-refractivity contribution in [2.45, 2.75) is 31.8 Å². The summed E-state index contributed by atoms with van der Waals surface area (Å²) in [6.45, 7) is 8.58. The maximum Gasteiger partial charge on any atom is 0.293 e. The molecule has 100 valence electrons. The Morgan fingerprint density at radius 2 is 1.89 bits per heavy atom. The van der Waals surface area contributed by atoms with E-state index in [9.17, 15) is 4.79 Å². The van der Waals surface area contributed by atoms with Gasteiger partial charge < -0.3 is 9.47 Å². The molecule has 0 saturated heterocycles. The molecule has 0 fully saturated rings. The van der Waals surface area contributed by atoms with Crippen molar-refractivity contribution in [3.8, 4) is 0 Å². The topological polar surface area (TPSA) is 35.5 Å². The molecule has 3 nitrogen and oxygen atoms in total. The summed E-state index contributed by atoms with van der Waals surface area (Å²) in [6.07, 6.45) is -0.301. The van der Waals surface area contributed by atoms with Crippen molar-refractivity contribution in [2.24, 2.45) is 0 Å². The molecule has 1 aromatic carbocycles. The van der Waals surface area contributed by atoms with Crippen LogP contribution in [-0.4, -0.2) is 27.8 Å². The summed E-state index contributed by atoms with van der Waals surface area (Å²) < 4.78 is 10.7. The Morgan fingerprint density at radius 1 is 1.22 bits per heavy atom. The molecule has 0 saturated carbocycles. The first-order valence-corrected chi connectivity index (χ1v) is 9.95. The van der Waals surface area contributed by atoms with Gasteiger partial charge in [-0.3, -0.25) is 4.79 Å². The van der Waals surface area contributed by atoms with Gasteiger partial charge in [0.1, 0.15) is 6.10 Å². The van der Waals surface area contributed by atoms with Gasteiger partial charge >= 0.3 is 0 Å². The zero-order valence-corrected chi connectivity index (χ0v) is 12.4. The van der Waals surface area contributed by atoms with Crippen molar-refractivity contribution in [3.63, 3.8) is 0 Å².